The van der Waals surface area contributed by atoms with Gasteiger partial charge in [0.1, 0.15) is 0 Å². The van der Waals surface area contributed by atoms with Crippen molar-refractivity contribution in [1.82, 2.24) is 4.57 Å². The van der Waals surface area contributed by atoms with Gasteiger partial charge in [-0.1, -0.05) is 65.4 Å². The second kappa shape index (κ2) is 9.39. The Hall–Kier alpha value is -2.73. The lowest BCUT2D eigenvalue weighted by atomic mass is 10.0. The highest BCUT2D eigenvalue weighted by Crippen LogP contribution is 2.22. The molecular formula is C24H21ClN2O2S. The summed E-state index contributed by atoms with van der Waals surface area (Å²) in [5.41, 5.74) is 3.96. The van der Waals surface area contributed by atoms with Gasteiger partial charge in [-0.05, 0) is 47.9 Å². The fraction of sp³-hybridized carbons (Fsp3) is 0.167. The number of amides is 1. The number of ether oxygens (including phenoxy) is 1. The molecule has 30 heavy (non-hydrogen) atoms. The molecule has 0 radical (unpaired) electrons. The molecular weight excluding hydrogens is 416 g/mol. The molecule has 0 fully saturated rings. The van der Waals surface area contributed by atoms with Crippen LogP contribution in [0.25, 0.3) is 10.2 Å². The molecule has 0 spiro atoms. The van der Waals surface area contributed by atoms with E-state index in [1.54, 1.807) is 7.11 Å². The molecule has 1 heterocycles. The van der Waals surface area contributed by atoms with Crippen molar-refractivity contribution < 1.29 is 9.53 Å². The standard InChI is InChI=1S/C24H21ClN2O2S/c1-29-14-13-27-21-12-11-20(25)16-22(21)30-24(27)26-23(28)19-9-7-18(8-10-19)15-17-5-3-2-4-6-17/h2-12,16H,13-15H2,1H3. The fourth-order valence-electron chi connectivity index (χ4n) is 3.28. The van der Waals surface area contributed by atoms with Crippen LogP contribution in [0, 0.1) is 0 Å². The number of benzene rings is 3. The second-order valence-corrected chi connectivity index (χ2v) is 8.36. The predicted octanol–water partition coefficient (Wildman–Crippen LogP) is 5.33. The van der Waals surface area contributed by atoms with Crippen LogP contribution in [0.3, 0.4) is 0 Å². The Balaban J connectivity index is 1.62. The number of hydrogen-bond donors (Lipinski definition) is 0. The molecule has 0 N–H and O–H groups in total. The maximum absolute atomic E-state index is 12.8. The molecule has 1 aromatic heterocycles. The number of methoxy groups -OCH3 is 1. The summed E-state index contributed by atoms with van der Waals surface area (Å²) in [5.74, 6) is -0.259. The molecule has 0 saturated heterocycles. The van der Waals surface area contributed by atoms with Gasteiger partial charge in [0.2, 0.25) is 0 Å². The van der Waals surface area contributed by atoms with Gasteiger partial charge in [0.05, 0.1) is 16.8 Å². The number of carbonyl (C=O) groups is 1. The minimum absolute atomic E-state index is 0.259. The van der Waals surface area contributed by atoms with Gasteiger partial charge in [-0.15, -0.1) is 0 Å². The predicted molar refractivity (Wildman–Crippen MR) is 122 cm³/mol. The topological polar surface area (TPSA) is 43.6 Å². The molecule has 0 bridgehead atoms. The molecule has 0 atom stereocenters. The zero-order valence-electron chi connectivity index (χ0n) is 16.5. The maximum atomic E-state index is 12.8. The highest BCUT2D eigenvalue weighted by molar-refractivity contribution is 7.16. The molecule has 0 aliphatic rings. The molecule has 4 aromatic rings. The number of rotatable bonds is 6. The van der Waals surface area contributed by atoms with Crippen molar-refractivity contribution in [2.24, 2.45) is 4.99 Å². The first-order valence-electron chi connectivity index (χ1n) is 9.64. The minimum Gasteiger partial charge on any atom is -0.383 e. The SMILES string of the molecule is COCCn1c(=NC(=O)c2ccc(Cc3ccccc3)cc2)sc2cc(Cl)ccc21. The molecule has 0 aliphatic heterocycles. The zero-order chi connectivity index (χ0) is 20.9. The van der Waals surface area contributed by atoms with Crippen LogP contribution in [0.5, 0.6) is 0 Å². The van der Waals surface area contributed by atoms with Crippen LogP contribution in [0.4, 0.5) is 0 Å². The summed E-state index contributed by atoms with van der Waals surface area (Å²) in [5, 5.41) is 0.662. The van der Waals surface area contributed by atoms with E-state index in [1.807, 2.05) is 65.2 Å². The van der Waals surface area contributed by atoms with Crippen LogP contribution in [-0.2, 0) is 17.7 Å². The number of carbonyl (C=O) groups excluding carboxylic acids is 1. The van der Waals surface area contributed by atoms with Gasteiger partial charge in [0, 0.05) is 24.2 Å². The van der Waals surface area contributed by atoms with E-state index >= 15 is 0 Å². The molecule has 4 rings (SSSR count). The van der Waals surface area contributed by atoms with E-state index in [0.29, 0.717) is 28.5 Å². The Morgan fingerprint density at radius 3 is 2.50 bits per heavy atom. The van der Waals surface area contributed by atoms with Gasteiger partial charge >= 0.3 is 0 Å². The molecule has 6 heteroatoms. The molecule has 1 amide bonds. The Bertz CT molecular complexity index is 1230. The largest absolute Gasteiger partial charge is 0.383 e. The average Bonchev–Trinajstić information content (AvgIpc) is 3.09. The fourth-order valence-corrected chi connectivity index (χ4v) is 4.61. The summed E-state index contributed by atoms with van der Waals surface area (Å²) >= 11 is 7.59. The van der Waals surface area contributed by atoms with Gasteiger partial charge in [-0.2, -0.15) is 4.99 Å². The second-order valence-electron chi connectivity index (χ2n) is 6.92. The Morgan fingerprint density at radius 1 is 1.03 bits per heavy atom. The van der Waals surface area contributed by atoms with Gasteiger partial charge in [0.15, 0.2) is 4.80 Å². The lowest BCUT2D eigenvalue weighted by Gasteiger charge is -2.05. The summed E-state index contributed by atoms with van der Waals surface area (Å²) in [7, 11) is 1.66. The van der Waals surface area contributed by atoms with Crippen LogP contribution in [0.1, 0.15) is 21.5 Å². The van der Waals surface area contributed by atoms with E-state index in [1.165, 1.54) is 16.9 Å². The van der Waals surface area contributed by atoms with Crippen molar-refractivity contribution in [2.45, 2.75) is 13.0 Å². The molecule has 152 valence electrons. The van der Waals surface area contributed by atoms with Crippen LogP contribution >= 0.6 is 22.9 Å². The molecule has 0 aliphatic carbocycles. The number of nitrogens with zero attached hydrogens (tertiary/aromatic N) is 2. The summed E-state index contributed by atoms with van der Waals surface area (Å²) in [4.78, 5) is 17.9. The molecule has 4 nitrogen and oxygen atoms in total. The lowest BCUT2D eigenvalue weighted by Crippen LogP contribution is -2.19. The van der Waals surface area contributed by atoms with Gasteiger partial charge in [-0.25, -0.2) is 0 Å². The Kier molecular flexibility index (Phi) is 6.43. The van der Waals surface area contributed by atoms with Crippen molar-refractivity contribution in [3.05, 3.63) is 99.3 Å². The van der Waals surface area contributed by atoms with E-state index in [2.05, 4.69) is 17.1 Å². The van der Waals surface area contributed by atoms with E-state index in [-0.39, 0.29) is 5.91 Å². The third-order valence-electron chi connectivity index (χ3n) is 4.81. The van der Waals surface area contributed by atoms with Gasteiger partial charge in [0.25, 0.3) is 5.91 Å². The Labute approximate surface area is 184 Å². The first kappa shape index (κ1) is 20.5. The van der Waals surface area contributed by atoms with Crippen LogP contribution in [0.15, 0.2) is 77.8 Å². The summed E-state index contributed by atoms with van der Waals surface area (Å²) in [6, 6.07) is 23.6. The lowest BCUT2D eigenvalue weighted by molar-refractivity contribution is 0.0997. The smallest absolute Gasteiger partial charge is 0.279 e. The van der Waals surface area contributed by atoms with Crippen LogP contribution in [-0.4, -0.2) is 24.2 Å². The maximum Gasteiger partial charge on any atom is 0.279 e. The Morgan fingerprint density at radius 2 is 1.77 bits per heavy atom. The van der Waals surface area contributed by atoms with Crippen LogP contribution in [0.2, 0.25) is 5.02 Å². The van der Waals surface area contributed by atoms with Crippen molar-refractivity contribution in [2.75, 3.05) is 13.7 Å². The highest BCUT2D eigenvalue weighted by Gasteiger charge is 2.10. The van der Waals surface area contributed by atoms with E-state index in [9.17, 15) is 4.79 Å². The number of fused-ring (bicyclic) bond motifs is 1. The highest BCUT2D eigenvalue weighted by atomic mass is 35.5. The monoisotopic (exact) mass is 436 g/mol. The first-order valence-corrected chi connectivity index (χ1v) is 10.8. The third-order valence-corrected chi connectivity index (χ3v) is 6.09. The van der Waals surface area contributed by atoms with E-state index in [4.69, 9.17) is 16.3 Å². The molecule has 0 unspecified atom stereocenters. The summed E-state index contributed by atoms with van der Waals surface area (Å²) < 4.78 is 8.22. The number of halogens is 1. The van der Waals surface area contributed by atoms with Crippen molar-refractivity contribution in [3.63, 3.8) is 0 Å². The number of aromatic nitrogens is 1. The van der Waals surface area contributed by atoms with Gasteiger partial charge < -0.3 is 9.30 Å². The van der Waals surface area contributed by atoms with E-state index in [0.717, 1.165) is 22.2 Å². The quantitative estimate of drug-likeness (QED) is 0.409. The minimum atomic E-state index is -0.259. The van der Waals surface area contributed by atoms with Crippen molar-refractivity contribution >= 4 is 39.1 Å². The number of thiazole rings is 1. The zero-order valence-corrected chi connectivity index (χ0v) is 18.1. The number of hydrogen-bond acceptors (Lipinski definition) is 3. The first-order chi connectivity index (χ1) is 14.6. The summed E-state index contributed by atoms with van der Waals surface area (Å²) in [6.07, 6.45) is 0.834. The average molecular weight is 437 g/mol. The van der Waals surface area contributed by atoms with E-state index < -0.39 is 0 Å². The third kappa shape index (κ3) is 4.70. The summed E-state index contributed by atoms with van der Waals surface area (Å²) in [6.45, 7) is 1.14. The molecule has 3 aromatic carbocycles. The van der Waals surface area contributed by atoms with Gasteiger partial charge in [-0.3, -0.25) is 4.79 Å². The van der Waals surface area contributed by atoms with Crippen molar-refractivity contribution in [3.8, 4) is 0 Å². The van der Waals surface area contributed by atoms with Crippen LogP contribution < -0.4 is 4.80 Å². The normalized spacial score (nSPS) is 11.9. The molecule has 0 saturated carbocycles. The van der Waals surface area contributed by atoms with Crippen molar-refractivity contribution in [1.29, 1.82) is 0 Å².